The topological polar surface area (TPSA) is 17.1 Å². The first-order valence-electron chi connectivity index (χ1n) is 3.89. The van der Waals surface area contributed by atoms with Crippen LogP contribution in [-0.4, -0.2) is 11.9 Å². The van der Waals surface area contributed by atoms with E-state index in [0.717, 1.165) is 0 Å². The van der Waals surface area contributed by atoms with Crippen LogP contribution in [0.2, 0.25) is 15.1 Å². The van der Waals surface area contributed by atoms with Crippen LogP contribution in [-0.2, 0) is 0 Å². The quantitative estimate of drug-likeness (QED) is 0.452. The van der Waals surface area contributed by atoms with Crippen molar-refractivity contribution < 1.29 is 4.79 Å². The molecule has 0 amide bonds. The van der Waals surface area contributed by atoms with Crippen molar-refractivity contribution in [2.75, 3.05) is 6.16 Å². The van der Waals surface area contributed by atoms with Crippen molar-refractivity contribution in [3.63, 3.8) is 0 Å². The van der Waals surface area contributed by atoms with Crippen molar-refractivity contribution in [2.45, 2.75) is 6.42 Å². The summed E-state index contributed by atoms with van der Waals surface area (Å²) in [4.78, 5) is 11.6. The second-order valence-corrected chi connectivity index (χ2v) is 4.33. The summed E-state index contributed by atoms with van der Waals surface area (Å²) in [5.74, 6) is -0.113. The van der Waals surface area contributed by atoms with E-state index in [4.69, 9.17) is 34.8 Å². The number of hydrogen-bond donors (Lipinski definition) is 0. The van der Waals surface area contributed by atoms with E-state index in [2.05, 4.69) is 9.24 Å². The van der Waals surface area contributed by atoms with E-state index in [-0.39, 0.29) is 10.8 Å². The molecule has 14 heavy (non-hydrogen) atoms. The minimum absolute atomic E-state index is 0.113. The lowest BCUT2D eigenvalue weighted by Crippen LogP contribution is -2.01. The van der Waals surface area contributed by atoms with Crippen molar-refractivity contribution >= 4 is 49.8 Å². The zero-order valence-corrected chi connectivity index (χ0v) is 10.4. The Morgan fingerprint density at radius 3 is 2.36 bits per heavy atom. The maximum absolute atomic E-state index is 11.6. The molecule has 0 saturated carbocycles. The Labute approximate surface area is 99.9 Å². The predicted molar refractivity (Wildman–Crippen MR) is 63.6 cm³/mol. The van der Waals surface area contributed by atoms with E-state index in [1.165, 1.54) is 0 Å². The molecule has 0 spiro atoms. The molecule has 0 aliphatic carbocycles. The molecule has 1 aromatic rings. The van der Waals surface area contributed by atoms with Crippen LogP contribution in [0.25, 0.3) is 0 Å². The highest BCUT2D eigenvalue weighted by Crippen LogP contribution is 2.32. The highest BCUT2D eigenvalue weighted by Gasteiger charge is 2.15. The SMILES string of the molecule is O=C(CC[PH-])c1c(Cl)ccc(Cl)c1Cl. The normalized spacial score (nSPS) is 10.3. The third-order valence-corrected chi connectivity index (χ3v) is 3.04. The van der Waals surface area contributed by atoms with E-state index in [1.807, 2.05) is 0 Å². The van der Waals surface area contributed by atoms with E-state index in [1.54, 1.807) is 12.1 Å². The number of benzene rings is 1. The van der Waals surface area contributed by atoms with E-state index in [9.17, 15) is 4.79 Å². The van der Waals surface area contributed by atoms with Crippen molar-refractivity contribution in [1.82, 2.24) is 0 Å². The molecular formula is C9H7Cl3OP-. The Hall–Kier alpha value is 0.190. The first kappa shape index (κ1) is 12.3. The van der Waals surface area contributed by atoms with Crippen molar-refractivity contribution in [3.8, 4) is 0 Å². The number of carbonyl (C=O) groups is 1. The lowest BCUT2D eigenvalue weighted by molar-refractivity contribution is 0.0990. The molecule has 0 N–H and O–H groups in total. The molecule has 5 heteroatoms. The third kappa shape index (κ3) is 2.61. The van der Waals surface area contributed by atoms with Crippen molar-refractivity contribution in [3.05, 3.63) is 32.8 Å². The molecule has 0 aromatic heterocycles. The molecule has 76 valence electrons. The highest BCUT2D eigenvalue weighted by atomic mass is 35.5. The van der Waals surface area contributed by atoms with Crippen LogP contribution in [0, 0.1) is 0 Å². The van der Waals surface area contributed by atoms with Gasteiger partial charge in [0, 0.05) is 0 Å². The smallest absolute Gasteiger partial charge is 0.163 e. The Morgan fingerprint density at radius 1 is 1.21 bits per heavy atom. The molecule has 1 rings (SSSR count). The van der Waals surface area contributed by atoms with Crippen LogP contribution in [0.4, 0.5) is 0 Å². The average molecular weight is 268 g/mol. The van der Waals surface area contributed by atoms with Crippen LogP contribution < -0.4 is 0 Å². The van der Waals surface area contributed by atoms with Gasteiger partial charge < -0.3 is 9.24 Å². The van der Waals surface area contributed by atoms with Gasteiger partial charge >= 0.3 is 0 Å². The van der Waals surface area contributed by atoms with Crippen LogP contribution in [0.15, 0.2) is 12.1 Å². The average Bonchev–Trinajstić information content (AvgIpc) is 2.13. The lowest BCUT2D eigenvalue weighted by Gasteiger charge is -2.07. The molecular weight excluding hydrogens is 261 g/mol. The largest absolute Gasteiger partial charge is 0.558 e. The van der Waals surface area contributed by atoms with Crippen LogP contribution in [0.1, 0.15) is 16.8 Å². The summed E-state index contributed by atoms with van der Waals surface area (Å²) in [6.45, 7) is 0. The molecule has 0 aliphatic heterocycles. The van der Waals surface area contributed by atoms with Gasteiger partial charge in [-0.2, -0.15) is 6.16 Å². The summed E-state index contributed by atoms with van der Waals surface area (Å²) in [7, 11) is 3.22. The number of hydrogen-bond acceptors (Lipinski definition) is 1. The van der Waals surface area contributed by atoms with Crippen LogP contribution >= 0.6 is 44.0 Å². The highest BCUT2D eigenvalue weighted by molar-refractivity contribution is 7.16. The summed E-state index contributed by atoms with van der Waals surface area (Å²) in [6, 6.07) is 3.13. The fraction of sp³-hybridized carbons (Fsp3) is 0.222. The summed E-state index contributed by atoms with van der Waals surface area (Å²) in [6.07, 6.45) is 0.911. The Balaban J connectivity index is 3.18. The molecule has 0 atom stereocenters. The maximum Gasteiger partial charge on any atom is 0.163 e. The Morgan fingerprint density at radius 2 is 1.79 bits per heavy atom. The predicted octanol–water partition coefficient (Wildman–Crippen LogP) is 4.36. The first-order valence-corrected chi connectivity index (χ1v) is 5.73. The molecule has 0 heterocycles. The van der Waals surface area contributed by atoms with Gasteiger partial charge in [-0.05, 0) is 18.6 Å². The van der Waals surface area contributed by atoms with Gasteiger partial charge in [0.15, 0.2) is 5.78 Å². The second-order valence-electron chi connectivity index (χ2n) is 2.64. The molecule has 1 aromatic carbocycles. The lowest BCUT2D eigenvalue weighted by atomic mass is 10.1. The molecule has 1 nitrogen and oxygen atoms in total. The molecule has 0 unspecified atom stereocenters. The van der Waals surface area contributed by atoms with Gasteiger partial charge in [0.2, 0.25) is 0 Å². The molecule has 0 aliphatic rings. The van der Waals surface area contributed by atoms with Crippen molar-refractivity contribution in [2.24, 2.45) is 0 Å². The number of halogens is 3. The zero-order valence-electron chi connectivity index (χ0n) is 7.11. The third-order valence-electron chi connectivity index (χ3n) is 1.67. The summed E-state index contributed by atoms with van der Waals surface area (Å²) in [5.41, 5.74) is 0.305. The van der Waals surface area contributed by atoms with E-state index in [0.29, 0.717) is 28.2 Å². The Bertz CT molecular complexity index is 365. The number of ketones is 1. The second kappa shape index (κ2) is 5.32. The monoisotopic (exact) mass is 267 g/mol. The van der Waals surface area contributed by atoms with E-state index >= 15 is 0 Å². The number of carbonyl (C=O) groups excluding carboxylic acids is 1. The van der Waals surface area contributed by atoms with Crippen LogP contribution in [0.3, 0.4) is 0 Å². The first-order chi connectivity index (χ1) is 6.57. The van der Waals surface area contributed by atoms with Gasteiger partial charge in [-0.3, -0.25) is 4.79 Å². The van der Waals surface area contributed by atoms with E-state index < -0.39 is 0 Å². The van der Waals surface area contributed by atoms with Gasteiger partial charge in [-0.25, -0.2) is 0 Å². The van der Waals surface area contributed by atoms with Gasteiger partial charge in [0.05, 0.1) is 20.6 Å². The maximum atomic E-state index is 11.6. The molecule has 0 radical (unpaired) electrons. The fourth-order valence-electron chi connectivity index (χ4n) is 1.02. The summed E-state index contributed by atoms with van der Waals surface area (Å²) in [5, 5.41) is 0.905. The zero-order chi connectivity index (χ0) is 10.7. The minimum atomic E-state index is -0.113. The number of Topliss-reactive ketones (excluding diaryl/α,β-unsaturated/α-hetero) is 1. The van der Waals surface area contributed by atoms with Crippen LogP contribution in [0.5, 0.6) is 0 Å². The Kier molecular flexibility index (Phi) is 4.66. The standard InChI is InChI=1S/C9H7Cl3OP/c10-5-1-2-6(11)9(12)8(5)7(13)3-4-14/h1-2,14H,3-4H2/q-1. The van der Waals surface area contributed by atoms with Gasteiger partial charge in [0.1, 0.15) is 0 Å². The van der Waals surface area contributed by atoms with Gasteiger partial charge in [0.25, 0.3) is 0 Å². The summed E-state index contributed by atoms with van der Waals surface area (Å²) >= 11 is 17.5. The fourth-order valence-corrected chi connectivity index (χ4v) is 1.99. The van der Waals surface area contributed by atoms with Gasteiger partial charge in [-0.1, -0.05) is 34.8 Å². The number of rotatable bonds is 3. The molecule has 0 bridgehead atoms. The summed E-state index contributed by atoms with van der Waals surface area (Å²) < 4.78 is 0. The molecule has 0 fully saturated rings. The van der Waals surface area contributed by atoms with Crippen molar-refractivity contribution in [1.29, 1.82) is 0 Å². The minimum Gasteiger partial charge on any atom is -0.558 e. The molecule has 0 saturated heterocycles. The van der Waals surface area contributed by atoms with Gasteiger partial charge in [-0.15, -0.1) is 0 Å².